The fourth-order valence-corrected chi connectivity index (χ4v) is 1.58. The molecule has 0 radical (unpaired) electrons. The summed E-state index contributed by atoms with van der Waals surface area (Å²) in [5, 5.41) is 9.33. The first-order valence-electron chi connectivity index (χ1n) is 4.65. The Labute approximate surface area is 86.4 Å². The van der Waals surface area contributed by atoms with E-state index in [0.717, 1.165) is 0 Å². The monoisotopic (exact) mass is 213 g/mol. The maximum atomic E-state index is 13.6. The summed E-state index contributed by atoms with van der Waals surface area (Å²) in [6.07, 6.45) is 0.298. The highest BCUT2D eigenvalue weighted by Gasteiger charge is 2.24. The number of fused-ring (bicyclic) bond motifs is 1. The lowest BCUT2D eigenvalue weighted by molar-refractivity contribution is 0.173. The lowest BCUT2D eigenvalue weighted by Crippen LogP contribution is -2.19. The lowest BCUT2D eigenvalue weighted by Gasteiger charge is -2.10. The Hall–Kier alpha value is -1.49. The Morgan fingerprint density at radius 1 is 1.60 bits per heavy atom. The molecule has 1 unspecified atom stereocenters. The minimum Gasteiger partial charge on any atom is -0.505 e. The SMILES string of the molecule is CC(N)Cc1c(F)c(O)cc2c1OCO2. The van der Waals surface area contributed by atoms with Crippen LogP contribution in [0.25, 0.3) is 0 Å². The van der Waals surface area contributed by atoms with Crippen molar-refractivity contribution < 1.29 is 19.0 Å². The Kier molecular flexibility index (Phi) is 2.40. The van der Waals surface area contributed by atoms with Gasteiger partial charge in [-0.05, 0) is 13.3 Å². The summed E-state index contributed by atoms with van der Waals surface area (Å²) in [6.45, 7) is 1.80. The number of rotatable bonds is 2. The van der Waals surface area contributed by atoms with Crippen molar-refractivity contribution in [1.29, 1.82) is 0 Å². The molecule has 0 saturated carbocycles. The Morgan fingerprint density at radius 2 is 2.33 bits per heavy atom. The van der Waals surface area contributed by atoms with Crippen LogP contribution in [0, 0.1) is 5.82 Å². The van der Waals surface area contributed by atoms with Crippen molar-refractivity contribution in [3.05, 3.63) is 17.4 Å². The fraction of sp³-hybridized carbons (Fsp3) is 0.400. The van der Waals surface area contributed by atoms with E-state index in [9.17, 15) is 9.50 Å². The normalized spacial score (nSPS) is 15.4. The molecule has 1 aromatic rings. The zero-order chi connectivity index (χ0) is 11.0. The topological polar surface area (TPSA) is 64.7 Å². The van der Waals surface area contributed by atoms with E-state index in [-0.39, 0.29) is 18.4 Å². The lowest BCUT2D eigenvalue weighted by atomic mass is 10.0. The van der Waals surface area contributed by atoms with Crippen LogP contribution in [0.15, 0.2) is 6.07 Å². The first-order valence-corrected chi connectivity index (χ1v) is 4.65. The summed E-state index contributed by atoms with van der Waals surface area (Å²) >= 11 is 0. The predicted molar refractivity (Wildman–Crippen MR) is 51.5 cm³/mol. The standard InChI is InChI=1S/C10H12FNO3/c1-5(12)2-6-9(11)7(13)3-8-10(6)15-4-14-8/h3,5,13H,2,4,12H2,1H3. The van der Waals surface area contributed by atoms with Crippen LogP contribution in [0.4, 0.5) is 4.39 Å². The van der Waals surface area contributed by atoms with E-state index in [1.807, 2.05) is 0 Å². The molecule has 1 aromatic carbocycles. The number of halogens is 1. The molecule has 0 aliphatic carbocycles. The van der Waals surface area contributed by atoms with Crippen LogP contribution in [-0.2, 0) is 6.42 Å². The molecule has 82 valence electrons. The van der Waals surface area contributed by atoms with E-state index < -0.39 is 11.6 Å². The van der Waals surface area contributed by atoms with Crippen molar-refractivity contribution >= 4 is 0 Å². The second-order valence-electron chi connectivity index (χ2n) is 3.60. The zero-order valence-electron chi connectivity index (χ0n) is 8.29. The number of nitrogens with two attached hydrogens (primary N) is 1. The summed E-state index contributed by atoms with van der Waals surface area (Å²) in [4.78, 5) is 0. The smallest absolute Gasteiger partial charge is 0.231 e. The Morgan fingerprint density at radius 3 is 3.00 bits per heavy atom. The highest BCUT2D eigenvalue weighted by Crippen LogP contribution is 2.41. The third-order valence-corrected chi connectivity index (χ3v) is 2.20. The molecule has 1 atom stereocenters. The minimum atomic E-state index is -0.684. The molecule has 1 aliphatic rings. The molecule has 0 aromatic heterocycles. The molecule has 0 bridgehead atoms. The van der Waals surface area contributed by atoms with Gasteiger partial charge in [-0.25, -0.2) is 4.39 Å². The number of phenols is 1. The first-order chi connectivity index (χ1) is 7.09. The third kappa shape index (κ3) is 1.70. The highest BCUT2D eigenvalue weighted by molar-refractivity contribution is 5.54. The molecule has 0 saturated heterocycles. The maximum Gasteiger partial charge on any atom is 0.231 e. The molecule has 3 N–H and O–H groups in total. The zero-order valence-corrected chi connectivity index (χ0v) is 8.29. The predicted octanol–water partition coefficient (Wildman–Crippen LogP) is 1.15. The highest BCUT2D eigenvalue weighted by atomic mass is 19.1. The van der Waals surface area contributed by atoms with Gasteiger partial charge in [0.2, 0.25) is 6.79 Å². The van der Waals surface area contributed by atoms with Gasteiger partial charge < -0.3 is 20.3 Å². The quantitative estimate of drug-likeness (QED) is 0.773. The van der Waals surface area contributed by atoms with Crippen LogP contribution in [0.1, 0.15) is 12.5 Å². The third-order valence-electron chi connectivity index (χ3n) is 2.20. The van der Waals surface area contributed by atoms with Gasteiger partial charge in [0, 0.05) is 17.7 Å². The summed E-state index contributed by atoms with van der Waals surface area (Å²) in [6, 6.07) is 0.997. The molecule has 2 rings (SSSR count). The summed E-state index contributed by atoms with van der Waals surface area (Å²) in [7, 11) is 0. The molecule has 0 amide bonds. The van der Waals surface area contributed by atoms with Crippen LogP contribution < -0.4 is 15.2 Å². The molecular weight excluding hydrogens is 201 g/mol. The number of ether oxygens (including phenoxy) is 2. The van der Waals surface area contributed by atoms with Gasteiger partial charge in [-0.3, -0.25) is 0 Å². The van der Waals surface area contributed by atoms with Gasteiger partial charge >= 0.3 is 0 Å². The van der Waals surface area contributed by atoms with Gasteiger partial charge in [0.1, 0.15) is 0 Å². The van der Waals surface area contributed by atoms with Crippen molar-refractivity contribution in [3.63, 3.8) is 0 Å². The van der Waals surface area contributed by atoms with E-state index in [0.29, 0.717) is 17.9 Å². The van der Waals surface area contributed by atoms with Gasteiger partial charge in [0.25, 0.3) is 0 Å². The molecule has 1 heterocycles. The van der Waals surface area contributed by atoms with Gasteiger partial charge in [0.15, 0.2) is 23.1 Å². The van der Waals surface area contributed by atoms with Crippen molar-refractivity contribution in [3.8, 4) is 17.2 Å². The maximum absolute atomic E-state index is 13.6. The summed E-state index contributed by atoms with van der Waals surface area (Å²) < 4.78 is 23.8. The van der Waals surface area contributed by atoms with Gasteiger partial charge in [-0.2, -0.15) is 0 Å². The molecule has 4 nitrogen and oxygen atoms in total. The molecule has 1 aliphatic heterocycles. The molecule has 15 heavy (non-hydrogen) atoms. The summed E-state index contributed by atoms with van der Waals surface area (Å²) in [5.74, 6) is -0.404. The van der Waals surface area contributed by atoms with E-state index in [1.54, 1.807) is 6.92 Å². The molecule has 0 fully saturated rings. The molecule has 0 spiro atoms. The Balaban J connectivity index is 2.50. The fourth-order valence-electron chi connectivity index (χ4n) is 1.58. The average Bonchev–Trinajstić information content (AvgIpc) is 2.59. The van der Waals surface area contributed by atoms with Crippen molar-refractivity contribution in [2.75, 3.05) is 6.79 Å². The van der Waals surface area contributed by atoms with Gasteiger partial charge in [0.05, 0.1) is 0 Å². The van der Waals surface area contributed by atoms with Crippen molar-refractivity contribution in [2.24, 2.45) is 5.73 Å². The van der Waals surface area contributed by atoms with Crippen LogP contribution in [-0.4, -0.2) is 17.9 Å². The second-order valence-corrected chi connectivity index (χ2v) is 3.60. The van der Waals surface area contributed by atoms with E-state index in [4.69, 9.17) is 15.2 Å². The average molecular weight is 213 g/mol. The van der Waals surface area contributed by atoms with Crippen LogP contribution >= 0.6 is 0 Å². The second kappa shape index (κ2) is 3.58. The van der Waals surface area contributed by atoms with Crippen LogP contribution in [0.3, 0.4) is 0 Å². The number of phenolic OH excluding ortho intramolecular Hbond substituents is 1. The number of aromatic hydroxyl groups is 1. The van der Waals surface area contributed by atoms with Crippen molar-refractivity contribution in [1.82, 2.24) is 0 Å². The van der Waals surface area contributed by atoms with Crippen LogP contribution in [0.2, 0.25) is 0 Å². The first kappa shape index (κ1) is 10.0. The van der Waals surface area contributed by atoms with E-state index in [2.05, 4.69) is 0 Å². The van der Waals surface area contributed by atoms with E-state index >= 15 is 0 Å². The minimum absolute atomic E-state index is 0.0458. The largest absolute Gasteiger partial charge is 0.505 e. The van der Waals surface area contributed by atoms with E-state index in [1.165, 1.54) is 6.07 Å². The summed E-state index contributed by atoms with van der Waals surface area (Å²) in [5.41, 5.74) is 5.87. The van der Waals surface area contributed by atoms with Crippen molar-refractivity contribution in [2.45, 2.75) is 19.4 Å². The van der Waals surface area contributed by atoms with Crippen LogP contribution in [0.5, 0.6) is 17.2 Å². The molecule has 5 heteroatoms. The van der Waals surface area contributed by atoms with Gasteiger partial charge in [-0.15, -0.1) is 0 Å². The number of benzene rings is 1. The Bertz CT molecular complexity index is 393. The number of hydrogen-bond acceptors (Lipinski definition) is 4. The van der Waals surface area contributed by atoms with Gasteiger partial charge in [-0.1, -0.05) is 0 Å². The molecular formula is C10H12FNO3. The number of hydrogen-bond donors (Lipinski definition) is 2.